The van der Waals surface area contributed by atoms with Crippen LogP contribution in [-0.4, -0.2) is 17.1 Å². The van der Waals surface area contributed by atoms with Gasteiger partial charge in [0.15, 0.2) is 0 Å². The molecule has 26 heavy (non-hydrogen) atoms. The Hall–Kier alpha value is -2.13. The van der Waals surface area contributed by atoms with Crippen molar-refractivity contribution in [3.05, 3.63) is 65.2 Å². The van der Waals surface area contributed by atoms with Crippen molar-refractivity contribution >= 4 is 11.6 Å². The first-order valence-corrected chi connectivity index (χ1v) is 9.58. The van der Waals surface area contributed by atoms with Gasteiger partial charge in [0.2, 0.25) is 5.91 Å². The molecule has 3 heteroatoms. The Morgan fingerprint density at radius 1 is 0.962 bits per heavy atom. The highest BCUT2D eigenvalue weighted by molar-refractivity contribution is 5.92. The molecule has 0 aliphatic heterocycles. The summed E-state index contributed by atoms with van der Waals surface area (Å²) in [6.07, 6.45) is 3.52. The first-order chi connectivity index (χ1) is 12.5. The maximum absolute atomic E-state index is 12.5. The Bertz CT molecular complexity index is 736. The topological polar surface area (TPSA) is 40.5 Å². The van der Waals surface area contributed by atoms with Gasteiger partial charge in [-0.15, -0.1) is 0 Å². The molecule has 3 nitrogen and oxygen atoms in total. The van der Waals surface area contributed by atoms with Gasteiger partial charge in [-0.25, -0.2) is 0 Å². The number of carbonyl (C=O) groups excluding carboxylic acids is 1. The van der Waals surface area contributed by atoms with Crippen LogP contribution in [0.25, 0.3) is 0 Å². The molecule has 1 aliphatic rings. The minimum Gasteiger partial charge on any atom is -0.388 e. The quantitative estimate of drug-likeness (QED) is 0.847. The molecule has 0 heterocycles. The van der Waals surface area contributed by atoms with Crippen LogP contribution in [0.5, 0.6) is 0 Å². The summed E-state index contributed by atoms with van der Waals surface area (Å²) in [6, 6.07) is 16.2. The number of hydrogen-bond acceptors (Lipinski definition) is 2. The summed E-state index contributed by atoms with van der Waals surface area (Å²) in [7, 11) is 0. The Morgan fingerprint density at radius 3 is 2.08 bits per heavy atom. The number of anilines is 1. The molecule has 3 rings (SSSR count). The molecule has 1 aliphatic carbocycles. The van der Waals surface area contributed by atoms with E-state index in [9.17, 15) is 9.90 Å². The van der Waals surface area contributed by atoms with Gasteiger partial charge >= 0.3 is 0 Å². The fraction of sp³-hybridized carbons (Fsp3) is 0.435. The lowest BCUT2D eigenvalue weighted by Crippen LogP contribution is -2.47. The van der Waals surface area contributed by atoms with Crippen molar-refractivity contribution in [2.75, 3.05) is 4.90 Å². The monoisotopic (exact) mass is 351 g/mol. The van der Waals surface area contributed by atoms with Gasteiger partial charge in [0.05, 0.1) is 6.10 Å². The van der Waals surface area contributed by atoms with E-state index in [0.717, 1.165) is 36.9 Å². The van der Waals surface area contributed by atoms with E-state index in [1.165, 1.54) is 11.1 Å². The van der Waals surface area contributed by atoms with Gasteiger partial charge in [-0.05, 0) is 44.4 Å². The second-order valence-electron chi connectivity index (χ2n) is 7.60. The van der Waals surface area contributed by atoms with E-state index in [-0.39, 0.29) is 17.9 Å². The van der Waals surface area contributed by atoms with E-state index >= 15 is 0 Å². The molecule has 138 valence electrons. The van der Waals surface area contributed by atoms with Crippen LogP contribution in [0.1, 0.15) is 55.4 Å². The second-order valence-corrected chi connectivity index (χ2v) is 7.60. The van der Waals surface area contributed by atoms with Crippen LogP contribution in [0.4, 0.5) is 5.69 Å². The lowest BCUT2D eigenvalue weighted by Gasteiger charge is -2.41. The summed E-state index contributed by atoms with van der Waals surface area (Å²) in [6.45, 7) is 5.73. The molecule has 2 aromatic rings. The third-order valence-electron chi connectivity index (χ3n) is 5.59. The van der Waals surface area contributed by atoms with Crippen molar-refractivity contribution in [2.24, 2.45) is 5.92 Å². The van der Waals surface area contributed by atoms with Crippen molar-refractivity contribution in [3.63, 3.8) is 0 Å². The third kappa shape index (κ3) is 3.99. The van der Waals surface area contributed by atoms with Crippen LogP contribution >= 0.6 is 0 Å². The minimum atomic E-state index is -0.548. The summed E-state index contributed by atoms with van der Waals surface area (Å²) >= 11 is 0. The largest absolute Gasteiger partial charge is 0.388 e. The number of aliphatic hydroxyl groups is 1. The van der Waals surface area contributed by atoms with E-state index < -0.39 is 6.10 Å². The number of carbonyl (C=O) groups is 1. The van der Waals surface area contributed by atoms with E-state index in [0.29, 0.717) is 0 Å². The number of amides is 1. The molecule has 0 aromatic heterocycles. The van der Waals surface area contributed by atoms with Gasteiger partial charge in [-0.2, -0.15) is 0 Å². The average molecular weight is 351 g/mol. The molecular weight excluding hydrogens is 322 g/mol. The van der Waals surface area contributed by atoms with E-state index in [1.807, 2.05) is 60.4 Å². The molecule has 0 bridgehead atoms. The Morgan fingerprint density at radius 2 is 1.50 bits per heavy atom. The molecule has 0 spiro atoms. The van der Waals surface area contributed by atoms with Crippen LogP contribution in [0.3, 0.4) is 0 Å². The van der Waals surface area contributed by atoms with Crippen LogP contribution < -0.4 is 4.90 Å². The SMILES string of the molecule is CC(=O)N(c1ccc(C)cc1)C1CCCCC1C(O)c1ccc(C)cc1. The predicted octanol–water partition coefficient (Wildman–Crippen LogP) is 4.95. The van der Waals surface area contributed by atoms with Gasteiger partial charge in [0.25, 0.3) is 0 Å². The molecule has 1 fully saturated rings. The number of aliphatic hydroxyl groups excluding tert-OH is 1. The van der Waals surface area contributed by atoms with Gasteiger partial charge < -0.3 is 10.0 Å². The number of benzene rings is 2. The molecular formula is C23H29NO2. The maximum atomic E-state index is 12.5. The van der Waals surface area contributed by atoms with Gasteiger partial charge in [-0.1, -0.05) is 60.4 Å². The normalized spacial score (nSPS) is 21.2. The van der Waals surface area contributed by atoms with Gasteiger partial charge in [0.1, 0.15) is 0 Å². The highest BCUT2D eigenvalue weighted by atomic mass is 16.3. The Kier molecular flexibility index (Phi) is 5.77. The summed E-state index contributed by atoms with van der Waals surface area (Å²) in [5, 5.41) is 11.1. The first-order valence-electron chi connectivity index (χ1n) is 9.58. The first kappa shape index (κ1) is 18.7. The van der Waals surface area contributed by atoms with Gasteiger partial charge in [-0.3, -0.25) is 4.79 Å². The summed E-state index contributed by atoms with van der Waals surface area (Å²) in [5.41, 5.74) is 4.24. The van der Waals surface area contributed by atoms with E-state index in [2.05, 4.69) is 6.92 Å². The highest BCUT2D eigenvalue weighted by Crippen LogP contribution is 2.39. The fourth-order valence-electron chi connectivity index (χ4n) is 4.15. The van der Waals surface area contributed by atoms with Gasteiger partial charge in [0, 0.05) is 24.6 Å². The molecule has 0 saturated heterocycles. The van der Waals surface area contributed by atoms with Crippen molar-refractivity contribution < 1.29 is 9.90 Å². The zero-order valence-electron chi connectivity index (χ0n) is 16.0. The molecule has 3 unspecified atom stereocenters. The molecule has 1 saturated carbocycles. The fourth-order valence-corrected chi connectivity index (χ4v) is 4.15. The van der Waals surface area contributed by atoms with Crippen LogP contribution in [0, 0.1) is 19.8 Å². The minimum absolute atomic E-state index is 0.0280. The number of nitrogens with zero attached hydrogens (tertiary/aromatic N) is 1. The van der Waals surface area contributed by atoms with Crippen molar-refractivity contribution in [2.45, 2.75) is 58.6 Å². The predicted molar refractivity (Wildman–Crippen MR) is 106 cm³/mol. The molecule has 1 N–H and O–H groups in total. The molecule has 2 aromatic carbocycles. The van der Waals surface area contributed by atoms with Crippen LogP contribution in [0.2, 0.25) is 0 Å². The Balaban J connectivity index is 1.92. The summed E-state index contributed by atoms with van der Waals surface area (Å²) in [4.78, 5) is 14.4. The standard InChI is InChI=1S/C23H29NO2/c1-16-8-12-19(13-9-16)23(26)21-6-4-5-7-22(21)24(18(3)25)20-14-10-17(2)11-15-20/h8-15,21-23,26H,4-7H2,1-3H3. The van der Waals surface area contributed by atoms with E-state index in [4.69, 9.17) is 0 Å². The Labute approximate surface area is 156 Å². The molecule has 0 radical (unpaired) electrons. The number of aryl methyl sites for hydroxylation is 2. The lowest BCUT2D eigenvalue weighted by atomic mass is 9.77. The lowest BCUT2D eigenvalue weighted by molar-refractivity contribution is -0.117. The average Bonchev–Trinajstić information content (AvgIpc) is 2.64. The third-order valence-corrected chi connectivity index (χ3v) is 5.59. The van der Waals surface area contributed by atoms with Crippen molar-refractivity contribution in [1.82, 2.24) is 0 Å². The second kappa shape index (κ2) is 8.05. The molecule has 3 atom stereocenters. The molecule has 1 amide bonds. The van der Waals surface area contributed by atoms with Crippen molar-refractivity contribution in [3.8, 4) is 0 Å². The summed E-state index contributed by atoms with van der Waals surface area (Å²) in [5.74, 6) is 0.0959. The van der Waals surface area contributed by atoms with Crippen molar-refractivity contribution in [1.29, 1.82) is 0 Å². The smallest absolute Gasteiger partial charge is 0.224 e. The van der Waals surface area contributed by atoms with Crippen LogP contribution in [-0.2, 0) is 4.79 Å². The maximum Gasteiger partial charge on any atom is 0.224 e. The zero-order chi connectivity index (χ0) is 18.7. The zero-order valence-corrected chi connectivity index (χ0v) is 16.0. The number of rotatable bonds is 4. The summed E-state index contributed by atoms with van der Waals surface area (Å²) < 4.78 is 0. The highest BCUT2D eigenvalue weighted by Gasteiger charge is 2.37. The number of hydrogen-bond donors (Lipinski definition) is 1. The van der Waals surface area contributed by atoms with Crippen LogP contribution in [0.15, 0.2) is 48.5 Å². The van der Waals surface area contributed by atoms with E-state index in [1.54, 1.807) is 6.92 Å².